The van der Waals surface area contributed by atoms with E-state index in [-0.39, 0.29) is 95.5 Å². The number of carbonyl (C=O) groups is 1. The Bertz CT molecular complexity index is 1500. The molecule has 276 valence electrons. The molecular weight excluding hydrogens is 812 g/mol. The van der Waals surface area contributed by atoms with Crippen molar-refractivity contribution in [3.63, 3.8) is 0 Å². The van der Waals surface area contributed by atoms with Gasteiger partial charge in [-0.15, -0.1) is 0 Å². The van der Waals surface area contributed by atoms with E-state index in [1.165, 1.54) is 0 Å². The maximum Gasteiger partial charge on any atom is 0.248 e. The molecular formula is C34H48Br2F4N4O3S2. The second-order valence-electron chi connectivity index (χ2n) is 12.6. The number of fused-ring (bicyclic) bond motifs is 1. The first-order valence-electron chi connectivity index (χ1n) is 16.0. The van der Waals surface area contributed by atoms with Gasteiger partial charge in [0.05, 0.1) is 41.2 Å². The van der Waals surface area contributed by atoms with E-state index in [0.29, 0.717) is 31.6 Å². The lowest BCUT2D eigenvalue weighted by atomic mass is 9.86. The molecule has 49 heavy (non-hydrogen) atoms. The molecule has 1 heterocycles. The van der Waals surface area contributed by atoms with Crippen molar-refractivity contribution in [2.75, 3.05) is 31.4 Å². The van der Waals surface area contributed by atoms with Gasteiger partial charge in [-0.05, 0) is 75.9 Å². The molecule has 15 heteroatoms. The van der Waals surface area contributed by atoms with E-state index in [4.69, 9.17) is 14.5 Å². The summed E-state index contributed by atoms with van der Waals surface area (Å²) in [7, 11) is 3.31. The number of anilines is 2. The van der Waals surface area contributed by atoms with Crippen molar-refractivity contribution in [1.29, 1.82) is 0 Å². The van der Waals surface area contributed by atoms with Crippen LogP contribution in [-0.2, 0) is 20.8 Å². The van der Waals surface area contributed by atoms with Crippen LogP contribution in [0.5, 0.6) is 0 Å². The van der Waals surface area contributed by atoms with Gasteiger partial charge in [-0.2, -0.15) is 27.0 Å². The number of benzene rings is 2. The van der Waals surface area contributed by atoms with Gasteiger partial charge in [0, 0.05) is 67.2 Å². The highest BCUT2D eigenvalue weighted by Crippen LogP contribution is 2.42. The number of halogens is 6. The van der Waals surface area contributed by atoms with Crippen LogP contribution in [0, 0.1) is 5.92 Å². The summed E-state index contributed by atoms with van der Waals surface area (Å²) in [6.45, 7) is 5.20. The zero-order valence-electron chi connectivity index (χ0n) is 28.2. The molecule has 7 nitrogen and oxygen atoms in total. The third-order valence-corrected chi connectivity index (χ3v) is 9.96. The lowest BCUT2D eigenvalue weighted by Crippen LogP contribution is -2.32. The average Bonchev–Trinajstić information content (AvgIpc) is 3.37. The Balaban J connectivity index is 0.000000327. The Morgan fingerprint density at radius 2 is 1.43 bits per heavy atom. The van der Waals surface area contributed by atoms with Gasteiger partial charge in [-0.1, -0.05) is 31.9 Å². The van der Waals surface area contributed by atoms with E-state index in [9.17, 15) is 22.4 Å². The molecule has 2 aliphatic carbocycles. The van der Waals surface area contributed by atoms with Gasteiger partial charge >= 0.3 is 0 Å². The third-order valence-electron chi connectivity index (χ3n) is 8.97. The Hall–Kier alpha value is -1.52. The smallest absolute Gasteiger partial charge is 0.248 e. The second kappa shape index (κ2) is 19.4. The first kappa shape index (κ1) is 43.6. The number of rotatable bonds is 10. The van der Waals surface area contributed by atoms with Crippen LogP contribution >= 0.6 is 58.9 Å². The molecule has 0 spiro atoms. The Morgan fingerprint density at radius 1 is 0.878 bits per heavy atom. The number of hydrogen-bond acceptors (Lipinski definition) is 5. The number of alkyl halides is 4. The van der Waals surface area contributed by atoms with Crippen molar-refractivity contribution < 1.29 is 31.8 Å². The minimum atomic E-state index is -2.63. The number of nitrogens with zero attached hydrogens (tertiary/aromatic N) is 2. The van der Waals surface area contributed by atoms with Gasteiger partial charge in [0.25, 0.3) is 0 Å². The van der Waals surface area contributed by atoms with Crippen LogP contribution in [0.3, 0.4) is 0 Å². The summed E-state index contributed by atoms with van der Waals surface area (Å²) in [5.41, 5.74) is 3.34. The second-order valence-corrected chi connectivity index (χ2v) is 14.5. The average molecular weight is 861 g/mol. The fraction of sp³-hybridized carbons (Fsp3) is 0.588. The minimum Gasteiger partial charge on any atom is -0.381 e. The van der Waals surface area contributed by atoms with Crippen LogP contribution in [0.4, 0.5) is 28.9 Å². The quantitative estimate of drug-likeness (QED) is 0.199. The fourth-order valence-corrected chi connectivity index (χ4v) is 6.60. The summed E-state index contributed by atoms with van der Waals surface area (Å²) in [5.74, 6) is -4.70. The van der Waals surface area contributed by atoms with Crippen molar-refractivity contribution in [1.82, 2.24) is 9.55 Å². The number of hydrogen-bond donors (Lipinski definition) is 2. The lowest BCUT2D eigenvalue weighted by Gasteiger charge is -2.28. The first-order valence-corrected chi connectivity index (χ1v) is 17.6. The normalized spacial score (nSPS) is 18.7. The Morgan fingerprint density at radius 3 is 2.02 bits per heavy atom. The number of aromatic nitrogens is 2. The van der Waals surface area contributed by atoms with Crippen molar-refractivity contribution >= 4 is 87.2 Å². The summed E-state index contributed by atoms with van der Waals surface area (Å²) < 4.78 is 68.0. The number of amides is 1. The van der Waals surface area contributed by atoms with Gasteiger partial charge < -0.3 is 24.7 Å². The lowest BCUT2D eigenvalue weighted by molar-refractivity contribution is -0.124. The van der Waals surface area contributed by atoms with Crippen molar-refractivity contribution in [3.05, 3.63) is 51.2 Å². The molecule has 2 aromatic carbocycles. The van der Waals surface area contributed by atoms with Crippen LogP contribution in [0.15, 0.2) is 45.3 Å². The fourth-order valence-electron chi connectivity index (χ4n) is 5.89. The number of carbonyl (C=O) groups excluding carboxylic acids is 1. The zero-order chi connectivity index (χ0) is 34.4. The number of imidazole rings is 1. The van der Waals surface area contributed by atoms with Crippen molar-refractivity contribution in [2.24, 2.45) is 5.92 Å². The first-order chi connectivity index (χ1) is 22.2. The third kappa shape index (κ3) is 12.6. The van der Waals surface area contributed by atoms with Gasteiger partial charge in [-0.3, -0.25) is 4.79 Å². The van der Waals surface area contributed by atoms with E-state index in [2.05, 4.69) is 47.1 Å². The van der Waals surface area contributed by atoms with E-state index in [1.807, 2.05) is 44.2 Å². The molecule has 3 aromatic rings. The monoisotopic (exact) mass is 858 g/mol. The summed E-state index contributed by atoms with van der Waals surface area (Å²) in [6.07, 6.45) is 0.928. The highest BCUT2D eigenvalue weighted by Gasteiger charge is 2.38. The minimum absolute atomic E-state index is 0. The molecule has 2 atom stereocenters. The molecule has 2 aliphatic rings. The highest BCUT2D eigenvalue weighted by atomic mass is 79.9. The van der Waals surface area contributed by atoms with E-state index < -0.39 is 11.8 Å². The molecule has 0 bridgehead atoms. The topological polar surface area (TPSA) is 77.4 Å². The predicted molar refractivity (Wildman–Crippen MR) is 205 cm³/mol. The SMILES string of the molecule is CO[C@@H](C)CNc1cc(Br)ccc1NC(=O)C1CCC(F)(F)CC1.CO[C@@H](C)Cn1c(C2CCC(F)(F)CC2)nc2ccc(Br)cc21.S.S. The molecule has 2 saturated carbocycles. The van der Waals surface area contributed by atoms with E-state index >= 15 is 0 Å². The van der Waals surface area contributed by atoms with Crippen LogP contribution in [0.1, 0.15) is 77.0 Å². The summed E-state index contributed by atoms with van der Waals surface area (Å²) in [4.78, 5) is 17.1. The van der Waals surface area contributed by atoms with Gasteiger partial charge in [0.2, 0.25) is 17.8 Å². The largest absolute Gasteiger partial charge is 0.381 e. The van der Waals surface area contributed by atoms with Crippen LogP contribution in [-0.4, -0.2) is 60.3 Å². The van der Waals surface area contributed by atoms with Crippen LogP contribution in [0.25, 0.3) is 11.0 Å². The molecule has 5 rings (SSSR count). The van der Waals surface area contributed by atoms with Crippen molar-refractivity contribution in [3.8, 4) is 0 Å². The number of methoxy groups -OCH3 is 2. The maximum atomic E-state index is 13.5. The Labute approximate surface area is 317 Å². The van der Waals surface area contributed by atoms with Crippen LogP contribution in [0.2, 0.25) is 0 Å². The summed E-state index contributed by atoms with van der Waals surface area (Å²) >= 11 is 6.91. The van der Waals surface area contributed by atoms with E-state index in [0.717, 1.165) is 31.5 Å². The van der Waals surface area contributed by atoms with Gasteiger partial charge in [0.1, 0.15) is 5.82 Å². The molecule has 2 N–H and O–H groups in total. The molecule has 0 radical (unpaired) electrons. The Kier molecular flexibility index (Phi) is 17.2. The van der Waals surface area contributed by atoms with Crippen molar-refractivity contribution in [2.45, 2.75) is 102 Å². The van der Waals surface area contributed by atoms with E-state index in [1.54, 1.807) is 20.3 Å². The van der Waals surface area contributed by atoms with Gasteiger partial charge in [0.15, 0.2) is 0 Å². The number of ether oxygens (including phenoxy) is 2. The highest BCUT2D eigenvalue weighted by molar-refractivity contribution is 9.10. The molecule has 2 fully saturated rings. The molecule has 1 amide bonds. The molecule has 1 aromatic heterocycles. The summed E-state index contributed by atoms with van der Waals surface area (Å²) in [6, 6.07) is 11.4. The summed E-state index contributed by atoms with van der Waals surface area (Å²) in [5, 5.41) is 6.11. The maximum absolute atomic E-state index is 13.5. The molecule has 0 unspecified atom stereocenters. The van der Waals surface area contributed by atoms with Crippen LogP contribution < -0.4 is 10.6 Å². The molecule has 0 saturated heterocycles. The number of nitrogens with one attached hydrogen (secondary N) is 2. The molecule has 0 aliphatic heterocycles. The van der Waals surface area contributed by atoms with Gasteiger partial charge in [-0.25, -0.2) is 22.5 Å². The standard InChI is InChI=1S/C17H23BrF2N2O2.C17H21BrF2N2O.2H2S/c1-11(24-2)10-21-15-9-13(18)3-4-14(15)22-16(23)12-5-7-17(19,20)8-6-12;1-11(23-2)10-22-15-9-13(18)3-4-14(15)21-16(22)12-5-7-17(19,20)8-6-12;;/h3-4,9,11-12,21H,5-8,10H2,1-2H3,(H,22,23);3-4,9,11-12H,5-8,10H2,1-2H3;2*1H2/t2*11-;;/m00../s1. The zero-order valence-corrected chi connectivity index (χ0v) is 33.4. The predicted octanol–water partition coefficient (Wildman–Crippen LogP) is 10.0.